The lowest BCUT2D eigenvalue weighted by Crippen LogP contribution is -2.51. The van der Waals surface area contributed by atoms with Gasteiger partial charge in [0.15, 0.2) is 0 Å². The topological polar surface area (TPSA) is 18.5 Å². The predicted octanol–water partition coefficient (Wildman–Crippen LogP) is 2.58. The summed E-state index contributed by atoms with van der Waals surface area (Å²) < 4.78 is 37.0. The third-order valence-corrected chi connectivity index (χ3v) is 3.96. The second-order valence-corrected chi connectivity index (χ2v) is 6.52. The molecule has 1 atom stereocenters. The van der Waals surface area contributed by atoms with E-state index in [1.807, 2.05) is 0 Å². The lowest BCUT2D eigenvalue weighted by atomic mass is 10.1. The van der Waals surface area contributed by atoms with Crippen LogP contribution in [-0.2, 0) is 0 Å². The zero-order valence-electron chi connectivity index (χ0n) is 13.5. The smallest absolute Gasteiger partial charge is 0.316 e. The largest absolute Gasteiger partial charge is 0.401 e. The first kappa shape index (κ1) is 18.7. The van der Waals surface area contributed by atoms with Crippen LogP contribution in [0.5, 0.6) is 0 Å². The molecule has 0 radical (unpaired) electrons. The highest BCUT2D eigenvalue weighted by atomic mass is 19.4. The summed E-state index contributed by atoms with van der Waals surface area (Å²) in [5, 5.41) is 3.42. The molecule has 1 fully saturated rings. The van der Waals surface area contributed by atoms with E-state index >= 15 is 0 Å². The monoisotopic (exact) mass is 309 g/mol. The Morgan fingerprint density at radius 1 is 1.05 bits per heavy atom. The Morgan fingerprint density at radius 3 is 2.19 bits per heavy atom. The van der Waals surface area contributed by atoms with E-state index in [1.54, 1.807) is 0 Å². The summed E-state index contributed by atoms with van der Waals surface area (Å²) in [6.45, 7) is 10.4. The Labute approximate surface area is 126 Å². The van der Waals surface area contributed by atoms with E-state index in [0.29, 0.717) is 25.0 Å². The van der Waals surface area contributed by atoms with Gasteiger partial charge in [0.05, 0.1) is 6.54 Å². The Bertz CT molecular complexity index is 274. The summed E-state index contributed by atoms with van der Waals surface area (Å²) in [5.74, 6) is 0.670. The van der Waals surface area contributed by atoms with Gasteiger partial charge in [0.25, 0.3) is 0 Å². The highest BCUT2D eigenvalue weighted by Crippen LogP contribution is 2.18. The van der Waals surface area contributed by atoms with Crippen molar-refractivity contribution >= 4 is 0 Å². The number of alkyl halides is 3. The molecule has 6 heteroatoms. The second kappa shape index (κ2) is 8.96. The van der Waals surface area contributed by atoms with Crippen molar-refractivity contribution in [2.24, 2.45) is 5.92 Å². The van der Waals surface area contributed by atoms with Crippen molar-refractivity contribution in [3.05, 3.63) is 0 Å². The van der Waals surface area contributed by atoms with Crippen LogP contribution >= 0.6 is 0 Å². The van der Waals surface area contributed by atoms with Crippen LogP contribution in [0, 0.1) is 5.92 Å². The van der Waals surface area contributed by atoms with Crippen molar-refractivity contribution in [2.75, 3.05) is 45.8 Å². The molecule has 0 aromatic heterocycles. The number of rotatable bonds is 8. The molecule has 1 aliphatic heterocycles. The maximum Gasteiger partial charge on any atom is 0.401 e. The minimum Gasteiger partial charge on any atom is -0.316 e. The Balaban J connectivity index is 2.12. The minimum absolute atomic E-state index is 0.457. The highest BCUT2D eigenvalue weighted by molar-refractivity contribution is 4.77. The van der Waals surface area contributed by atoms with Crippen LogP contribution in [0.4, 0.5) is 13.2 Å². The molecule has 1 N–H and O–H groups in total. The first-order chi connectivity index (χ1) is 9.78. The van der Waals surface area contributed by atoms with Gasteiger partial charge in [0.1, 0.15) is 0 Å². The molecule has 1 rings (SSSR count). The first-order valence-corrected chi connectivity index (χ1v) is 8.02. The fourth-order valence-electron chi connectivity index (χ4n) is 2.71. The number of piperazine rings is 1. The van der Waals surface area contributed by atoms with Crippen molar-refractivity contribution in [1.29, 1.82) is 0 Å². The zero-order chi connectivity index (χ0) is 15.9. The molecule has 0 bridgehead atoms. The fourth-order valence-corrected chi connectivity index (χ4v) is 2.71. The summed E-state index contributed by atoms with van der Waals surface area (Å²) in [5.41, 5.74) is 0. The lowest BCUT2D eigenvalue weighted by molar-refractivity contribution is -0.149. The quantitative estimate of drug-likeness (QED) is 0.695. The minimum atomic E-state index is -4.07. The van der Waals surface area contributed by atoms with Crippen molar-refractivity contribution in [3.8, 4) is 0 Å². The van der Waals surface area contributed by atoms with Gasteiger partial charge >= 0.3 is 6.18 Å². The van der Waals surface area contributed by atoms with Gasteiger partial charge in [-0.3, -0.25) is 9.80 Å². The Hall–Kier alpha value is -0.330. The fraction of sp³-hybridized carbons (Fsp3) is 1.00. The molecule has 3 nitrogen and oxygen atoms in total. The number of hydrogen-bond acceptors (Lipinski definition) is 3. The SMILES string of the molecule is CC(C)CNCCCC(C)N1CCN(CC(F)(F)F)CC1. The van der Waals surface area contributed by atoms with Gasteiger partial charge in [-0.2, -0.15) is 13.2 Å². The molecule has 1 aliphatic rings. The van der Waals surface area contributed by atoms with Crippen LogP contribution in [-0.4, -0.2) is 67.8 Å². The number of nitrogens with one attached hydrogen (secondary N) is 1. The van der Waals surface area contributed by atoms with Crippen LogP contribution in [0.15, 0.2) is 0 Å². The molecule has 21 heavy (non-hydrogen) atoms. The average Bonchev–Trinajstić information content (AvgIpc) is 2.36. The van der Waals surface area contributed by atoms with Gasteiger partial charge in [0, 0.05) is 32.2 Å². The molecule has 1 saturated heterocycles. The lowest BCUT2D eigenvalue weighted by Gasteiger charge is -2.38. The van der Waals surface area contributed by atoms with E-state index < -0.39 is 12.7 Å². The van der Waals surface area contributed by atoms with Crippen LogP contribution in [0.3, 0.4) is 0 Å². The summed E-state index contributed by atoms with van der Waals surface area (Å²) in [4.78, 5) is 3.82. The number of nitrogens with zero attached hydrogens (tertiary/aromatic N) is 2. The van der Waals surface area contributed by atoms with Gasteiger partial charge in [0.2, 0.25) is 0 Å². The Morgan fingerprint density at radius 2 is 1.67 bits per heavy atom. The summed E-state index contributed by atoms with van der Waals surface area (Å²) in [7, 11) is 0. The normalized spacial score (nSPS) is 20.1. The third-order valence-electron chi connectivity index (χ3n) is 3.96. The second-order valence-electron chi connectivity index (χ2n) is 6.52. The molecule has 0 aromatic carbocycles. The van der Waals surface area contributed by atoms with E-state index in [1.165, 1.54) is 4.90 Å². The van der Waals surface area contributed by atoms with Gasteiger partial charge < -0.3 is 5.32 Å². The standard InChI is InChI=1S/C15H30F3N3/c1-13(2)11-19-6-4-5-14(3)21-9-7-20(8-10-21)12-15(16,17)18/h13-14,19H,4-12H2,1-3H3. The molecule has 0 aliphatic carbocycles. The molecule has 0 saturated carbocycles. The molecular weight excluding hydrogens is 279 g/mol. The van der Waals surface area contributed by atoms with E-state index in [-0.39, 0.29) is 0 Å². The van der Waals surface area contributed by atoms with E-state index in [0.717, 1.165) is 39.0 Å². The molecule has 126 valence electrons. The van der Waals surface area contributed by atoms with Crippen LogP contribution in [0.1, 0.15) is 33.6 Å². The summed E-state index contributed by atoms with van der Waals surface area (Å²) >= 11 is 0. The van der Waals surface area contributed by atoms with Gasteiger partial charge in [-0.1, -0.05) is 13.8 Å². The van der Waals surface area contributed by atoms with Crippen molar-refractivity contribution in [3.63, 3.8) is 0 Å². The van der Waals surface area contributed by atoms with E-state index in [9.17, 15) is 13.2 Å². The van der Waals surface area contributed by atoms with Crippen molar-refractivity contribution in [1.82, 2.24) is 15.1 Å². The van der Waals surface area contributed by atoms with Gasteiger partial charge in [-0.05, 0) is 38.8 Å². The van der Waals surface area contributed by atoms with Gasteiger partial charge in [-0.25, -0.2) is 0 Å². The highest BCUT2D eigenvalue weighted by Gasteiger charge is 2.32. The van der Waals surface area contributed by atoms with Gasteiger partial charge in [-0.15, -0.1) is 0 Å². The Kier molecular flexibility index (Phi) is 7.98. The molecule has 0 spiro atoms. The third kappa shape index (κ3) is 8.63. The summed E-state index contributed by atoms with van der Waals surface area (Å²) in [6.07, 6.45) is -1.85. The summed E-state index contributed by atoms with van der Waals surface area (Å²) in [6, 6.07) is 0.457. The van der Waals surface area contributed by atoms with Crippen LogP contribution < -0.4 is 5.32 Å². The van der Waals surface area contributed by atoms with Crippen LogP contribution in [0.25, 0.3) is 0 Å². The maximum absolute atomic E-state index is 12.3. The van der Waals surface area contributed by atoms with Crippen molar-refractivity contribution < 1.29 is 13.2 Å². The van der Waals surface area contributed by atoms with Crippen molar-refractivity contribution in [2.45, 2.75) is 45.8 Å². The van der Waals surface area contributed by atoms with E-state index in [4.69, 9.17) is 0 Å². The number of halogens is 3. The molecule has 0 aromatic rings. The van der Waals surface area contributed by atoms with E-state index in [2.05, 4.69) is 31.0 Å². The zero-order valence-corrected chi connectivity index (χ0v) is 13.5. The first-order valence-electron chi connectivity index (χ1n) is 8.02. The average molecular weight is 309 g/mol. The number of hydrogen-bond donors (Lipinski definition) is 1. The molecule has 1 heterocycles. The molecule has 0 amide bonds. The van der Waals surface area contributed by atoms with Crippen LogP contribution in [0.2, 0.25) is 0 Å². The molecular formula is C15H30F3N3. The maximum atomic E-state index is 12.3. The molecule has 1 unspecified atom stereocenters. The predicted molar refractivity (Wildman–Crippen MR) is 80.5 cm³/mol.